The number of likely N-dealkylation sites (tertiary alicyclic amines) is 1. The number of methoxy groups -OCH3 is 1. The molecule has 0 saturated carbocycles. The molecule has 3 aromatic carbocycles. The van der Waals surface area contributed by atoms with Gasteiger partial charge in [0.15, 0.2) is 0 Å². The zero-order chi connectivity index (χ0) is 27.4. The molecule has 2 heterocycles. The average Bonchev–Trinajstić information content (AvgIpc) is 3.22. The van der Waals surface area contributed by atoms with Crippen LogP contribution in [0.5, 0.6) is 11.5 Å². The largest absolute Gasteiger partial charge is 0.507 e. The minimum atomic E-state index is -0.784. The number of hydrogen-bond donors (Lipinski definition) is 1. The second-order valence-electron chi connectivity index (χ2n) is 9.30. The molecule has 5 rings (SSSR count). The number of pyridine rings is 1. The van der Waals surface area contributed by atoms with Gasteiger partial charge in [0, 0.05) is 24.5 Å². The number of aliphatic hydroxyl groups is 1. The van der Waals surface area contributed by atoms with Crippen molar-refractivity contribution in [1.82, 2.24) is 9.88 Å². The molecule has 1 N–H and O–H groups in total. The molecule has 7 nitrogen and oxygen atoms in total. The Balaban J connectivity index is 1.48. The highest BCUT2D eigenvalue weighted by Gasteiger charge is 2.46. The number of aliphatic hydroxyl groups excluding tert-OH is 1. The summed E-state index contributed by atoms with van der Waals surface area (Å²) in [4.78, 5) is 32.1. The van der Waals surface area contributed by atoms with Crippen LogP contribution in [-0.2, 0) is 22.7 Å². The average molecular weight is 521 g/mol. The zero-order valence-electron chi connectivity index (χ0n) is 21.7. The van der Waals surface area contributed by atoms with E-state index < -0.39 is 17.7 Å². The highest BCUT2D eigenvalue weighted by atomic mass is 16.5. The van der Waals surface area contributed by atoms with E-state index in [1.807, 2.05) is 37.3 Å². The molecule has 1 fully saturated rings. The second kappa shape index (κ2) is 11.2. The number of rotatable bonds is 8. The minimum Gasteiger partial charge on any atom is -0.507 e. The van der Waals surface area contributed by atoms with Crippen LogP contribution in [-0.4, -0.2) is 33.8 Å². The Morgan fingerprint density at radius 2 is 1.64 bits per heavy atom. The number of benzene rings is 3. The van der Waals surface area contributed by atoms with E-state index in [1.54, 1.807) is 74.1 Å². The van der Waals surface area contributed by atoms with E-state index in [4.69, 9.17) is 9.47 Å². The lowest BCUT2D eigenvalue weighted by Crippen LogP contribution is -2.29. The molecule has 39 heavy (non-hydrogen) atoms. The van der Waals surface area contributed by atoms with Crippen LogP contribution in [0.3, 0.4) is 0 Å². The molecular formula is C32H28N2O5. The van der Waals surface area contributed by atoms with Gasteiger partial charge in [-0.05, 0) is 71.6 Å². The summed E-state index contributed by atoms with van der Waals surface area (Å²) < 4.78 is 11.2. The summed E-state index contributed by atoms with van der Waals surface area (Å²) in [7, 11) is 1.57. The first kappa shape index (κ1) is 25.7. The normalized spacial score (nSPS) is 16.4. The maximum Gasteiger partial charge on any atom is 0.295 e. The predicted molar refractivity (Wildman–Crippen MR) is 147 cm³/mol. The predicted octanol–water partition coefficient (Wildman–Crippen LogP) is 5.60. The van der Waals surface area contributed by atoms with Crippen LogP contribution in [0.4, 0.5) is 0 Å². The molecule has 1 saturated heterocycles. The monoisotopic (exact) mass is 520 g/mol. The van der Waals surface area contributed by atoms with Gasteiger partial charge in [-0.15, -0.1) is 0 Å². The van der Waals surface area contributed by atoms with Crippen molar-refractivity contribution in [2.75, 3.05) is 7.11 Å². The Bertz CT molecular complexity index is 1510. The molecule has 0 aliphatic carbocycles. The summed E-state index contributed by atoms with van der Waals surface area (Å²) in [5, 5.41) is 11.4. The van der Waals surface area contributed by atoms with Crippen LogP contribution >= 0.6 is 0 Å². The molecule has 4 aromatic rings. The van der Waals surface area contributed by atoms with Crippen molar-refractivity contribution in [3.63, 3.8) is 0 Å². The molecule has 0 spiro atoms. The SMILES string of the molecule is COc1ccc(C2/C(=C(/O)c3ccc(OCc4ccccc4C)cc3)C(=O)C(=O)N2Cc2cccnc2)cc1. The summed E-state index contributed by atoms with van der Waals surface area (Å²) in [5.41, 5.74) is 4.12. The molecule has 196 valence electrons. The lowest BCUT2D eigenvalue weighted by atomic mass is 9.95. The molecule has 1 aliphatic rings. The summed E-state index contributed by atoms with van der Waals surface area (Å²) in [6.45, 7) is 2.61. The van der Waals surface area contributed by atoms with Crippen LogP contribution in [0.1, 0.15) is 33.9 Å². The molecule has 0 radical (unpaired) electrons. The van der Waals surface area contributed by atoms with Gasteiger partial charge in [-0.3, -0.25) is 14.6 Å². The third-order valence-electron chi connectivity index (χ3n) is 6.83. The number of aryl methyl sites for hydroxylation is 1. The Morgan fingerprint density at radius 1 is 0.923 bits per heavy atom. The van der Waals surface area contributed by atoms with E-state index in [2.05, 4.69) is 4.98 Å². The zero-order valence-corrected chi connectivity index (χ0v) is 21.7. The Morgan fingerprint density at radius 3 is 2.31 bits per heavy atom. The van der Waals surface area contributed by atoms with Crippen LogP contribution in [0.25, 0.3) is 5.76 Å². The van der Waals surface area contributed by atoms with Gasteiger partial charge in [-0.1, -0.05) is 42.5 Å². The standard InChI is InChI=1S/C32H28N2O5/c1-21-6-3-4-8-25(21)20-39-27-15-11-24(12-16-27)30(35)28-29(23-9-13-26(38-2)14-10-23)34(32(37)31(28)36)19-22-7-5-17-33-18-22/h3-18,29,35H,19-20H2,1-2H3/b30-28-. The Kier molecular flexibility index (Phi) is 7.41. The quantitative estimate of drug-likeness (QED) is 0.185. The van der Waals surface area contributed by atoms with Crippen molar-refractivity contribution < 1.29 is 24.2 Å². The number of Topliss-reactive ketones (excluding diaryl/α,β-unsaturated/α-hetero) is 1. The van der Waals surface area contributed by atoms with Crippen molar-refractivity contribution in [2.45, 2.75) is 26.1 Å². The molecule has 1 unspecified atom stereocenters. The first-order chi connectivity index (χ1) is 19.0. The Hall–Kier alpha value is -4.91. The van der Waals surface area contributed by atoms with Gasteiger partial charge in [0.1, 0.15) is 23.9 Å². The van der Waals surface area contributed by atoms with E-state index in [1.165, 1.54) is 4.90 Å². The van der Waals surface area contributed by atoms with Crippen LogP contribution in [0.2, 0.25) is 0 Å². The fraction of sp³-hybridized carbons (Fsp3) is 0.156. The van der Waals surface area contributed by atoms with Crippen molar-refractivity contribution in [2.24, 2.45) is 0 Å². The van der Waals surface area contributed by atoms with E-state index >= 15 is 0 Å². The van der Waals surface area contributed by atoms with Gasteiger partial charge in [0.2, 0.25) is 0 Å². The van der Waals surface area contributed by atoms with Gasteiger partial charge in [0.25, 0.3) is 11.7 Å². The van der Waals surface area contributed by atoms with Crippen LogP contribution in [0.15, 0.2) is 103 Å². The third-order valence-corrected chi connectivity index (χ3v) is 6.83. The molecule has 1 aliphatic heterocycles. The van der Waals surface area contributed by atoms with Gasteiger partial charge >= 0.3 is 0 Å². The van der Waals surface area contributed by atoms with Gasteiger partial charge in [-0.25, -0.2) is 0 Å². The molecule has 1 aromatic heterocycles. The summed E-state index contributed by atoms with van der Waals surface area (Å²) in [6, 6.07) is 24.8. The number of aromatic nitrogens is 1. The van der Waals surface area contributed by atoms with Crippen LogP contribution in [0, 0.1) is 6.92 Å². The van der Waals surface area contributed by atoms with Gasteiger partial charge < -0.3 is 19.5 Å². The number of nitrogens with zero attached hydrogens (tertiary/aromatic N) is 2. The van der Waals surface area contributed by atoms with Gasteiger partial charge in [0.05, 0.1) is 18.7 Å². The van der Waals surface area contributed by atoms with Crippen molar-refractivity contribution in [3.05, 3.63) is 131 Å². The summed E-state index contributed by atoms with van der Waals surface area (Å²) in [5.74, 6) is -0.396. The second-order valence-corrected chi connectivity index (χ2v) is 9.30. The third kappa shape index (κ3) is 5.38. The lowest BCUT2D eigenvalue weighted by Gasteiger charge is -2.25. The highest BCUT2D eigenvalue weighted by Crippen LogP contribution is 2.40. The summed E-state index contributed by atoms with van der Waals surface area (Å²) in [6.07, 6.45) is 3.30. The maximum atomic E-state index is 13.3. The molecule has 1 atom stereocenters. The maximum absolute atomic E-state index is 13.3. The molecule has 1 amide bonds. The summed E-state index contributed by atoms with van der Waals surface area (Å²) >= 11 is 0. The Labute approximate surface area is 227 Å². The number of carbonyl (C=O) groups is 2. The van der Waals surface area contributed by atoms with E-state index in [-0.39, 0.29) is 17.9 Å². The van der Waals surface area contributed by atoms with E-state index in [0.29, 0.717) is 29.2 Å². The number of carbonyl (C=O) groups excluding carboxylic acids is 2. The first-order valence-electron chi connectivity index (χ1n) is 12.6. The molecule has 0 bridgehead atoms. The number of ketones is 1. The molecule has 7 heteroatoms. The molecular weight excluding hydrogens is 492 g/mol. The van der Waals surface area contributed by atoms with E-state index in [0.717, 1.165) is 16.7 Å². The number of amides is 1. The number of ether oxygens (including phenoxy) is 2. The number of hydrogen-bond acceptors (Lipinski definition) is 6. The van der Waals surface area contributed by atoms with Crippen molar-refractivity contribution in [1.29, 1.82) is 0 Å². The first-order valence-corrected chi connectivity index (χ1v) is 12.6. The van der Waals surface area contributed by atoms with Crippen LogP contribution < -0.4 is 9.47 Å². The van der Waals surface area contributed by atoms with Crippen molar-refractivity contribution >= 4 is 17.4 Å². The smallest absolute Gasteiger partial charge is 0.295 e. The topological polar surface area (TPSA) is 89.0 Å². The van der Waals surface area contributed by atoms with E-state index in [9.17, 15) is 14.7 Å². The fourth-order valence-corrected chi connectivity index (χ4v) is 4.66. The minimum absolute atomic E-state index is 0.0302. The van der Waals surface area contributed by atoms with Crippen molar-refractivity contribution in [3.8, 4) is 11.5 Å². The fourth-order valence-electron chi connectivity index (χ4n) is 4.66. The van der Waals surface area contributed by atoms with Gasteiger partial charge in [-0.2, -0.15) is 0 Å². The highest BCUT2D eigenvalue weighted by molar-refractivity contribution is 6.46. The lowest BCUT2D eigenvalue weighted by molar-refractivity contribution is -0.140.